The Kier molecular flexibility index (Phi) is 6.13. The number of hydrogen-bond acceptors (Lipinski definition) is 5. The van der Waals surface area contributed by atoms with Gasteiger partial charge in [0.05, 0.1) is 18.4 Å². The Hall–Kier alpha value is -3.73. The molecule has 1 aliphatic rings. The Morgan fingerprint density at radius 2 is 1.74 bits per heavy atom. The van der Waals surface area contributed by atoms with Gasteiger partial charge in [-0.2, -0.15) is 13.2 Å². The van der Waals surface area contributed by atoms with Gasteiger partial charge in [0.2, 0.25) is 0 Å². The summed E-state index contributed by atoms with van der Waals surface area (Å²) in [5, 5.41) is 8.48. The zero-order valence-electron chi connectivity index (χ0n) is 18.5. The van der Waals surface area contributed by atoms with E-state index in [1.165, 1.54) is 16.7 Å². The van der Waals surface area contributed by atoms with Crippen molar-refractivity contribution in [2.75, 3.05) is 25.1 Å². The summed E-state index contributed by atoms with van der Waals surface area (Å²) >= 11 is 0. The predicted molar refractivity (Wildman–Crippen MR) is 121 cm³/mol. The standard InChI is InChI=1S/C23H23F3N6O2/c1-22(2,12-28-21(34)17-9-27-13-29-17)15-5-3-14(4-6-15)20(33)31-18-11-32-10-16(23(24,25)26)7-8-19(32)30-18/h3-8,10-11,27H,9,12-13H2,1-2H3,(H,28,34)(H,31,33). The van der Waals surface area contributed by atoms with E-state index in [4.69, 9.17) is 0 Å². The molecule has 8 nitrogen and oxygen atoms in total. The Bertz CT molecular complexity index is 1260. The molecule has 1 aromatic carbocycles. The lowest BCUT2D eigenvalue weighted by Crippen LogP contribution is -2.41. The molecule has 0 saturated carbocycles. The number of nitrogens with one attached hydrogen (secondary N) is 3. The minimum absolute atomic E-state index is 0.140. The van der Waals surface area contributed by atoms with E-state index in [2.05, 4.69) is 25.9 Å². The molecular weight excluding hydrogens is 449 g/mol. The van der Waals surface area contributed by atoms with Crippen molar-refractivity contribution in [3.05, 3.63) is 65.5 Å². The fraction of sp³-hybridized carbons (Fsp3) is 0.304. The third kappa shape index (κ3) is 5.09. The van der Waals surface area contributed by atoms with Crippen LogP contribution in [0.2, 0.25) is 0 Å². The number of fused-ring (bicyclic) bond motifs is 1. The molecule has 2 aromatic heterocycles. The van der Waals surface area contributed by atoms with E-state index in [1.54, 1.807) is 24.3 Å². The normalized spacial score (nSPS) is 14.2. The van der Waals surface area contributed by atoms with Crippen molar-refractivity contribution in [1.82, 2.24) is 20.0 Å². The molecular formula is C23H23F3N6O2. The number of rotatable bonds is 6. The number of nitrogens with zero attached hydrogens (tertiary/aromatic N) is 3. The Balaban J connectivity index is 1.41. The monoisotopic (exact) mass is 472 g/mol. The van der Waals surface area contributed by atoms with Gasteiger partial charge in [-0.05, 0) is 29.8 Å². The zero-order valence-corrected chi connectivity index (χ0v) is 18.5. The van der Waals surface area contributed by atoms with Crippen molar-refractivity contribution in [2.45, 2.75) is 25.4 Å². The molecule has 4 rings (SSSR count). The molecule has 3 heterocycles. The largest absolute Gasteiger partial charge is 0.417 e. The average Bonchev–Trinajstić information content (AvgIpc) is 3.46. The molecule has 178 valence electrons. The summed E-state index contributed by atoms with van der Waals surface area (Å²) in [6, 6.07) is 9.08. The fourth-order valence-corrected chi connectivity index (χ4v) is 3.52. The highest BCUT2D eigenvalue weighted by Gasteiger charge is 2.31. The first-order valence-corrected chi connectivity index (χ1v) is 10.5. The smallest absolute Gasteiger partial charge is 0.350 e. The van der Waals surface area contributed by atoms with Gasteiger partial charge in [0.15, 0.2) is 5.82 Å². The Morgan fingerprint density at radius 1 is 1.03 bits per heavy atom. The number of benzene rings is 1. The molecule has 0 fully saturated rings. The van der Waals surface area contributed by atoms with Crippen LogP contribution >= 0.6 is 0 Å². The number of aliphatic imine (C=N–C) groups is 1. The summed E-state index contributed by atoms with van der Waals surface area (Å²) in [4.78, 5) is 33.0. The van der Waals surface area contributed by atoms with Crippen molar-refractivity contribution >= 4 is 29.0 Å². The van der Waals surface area contributed by atoms with Crippen LogP contribution in [0.1, 0.15) is 35.3 Å². The number of carbonyl (C=O) groups is 2. The highest BCUT2D eigenvalue weighted by molar-refractivity contribution is 6.40. The molecule has 0 saturated heterocycles. The first-order valence-electron chi connectivity index (χ1n) is 10.5. The van der Waals surface area contributed by atoms with Gasteiger partial charge in [-0.25, -0.2) is 4.98 Å². The van der Waals surface area contributed by atoms with Gasteiger partial charge in [0, 0.05) is 30.3 Å². The summed E-state index contributed by atoms with van der Waals surface area (Å²) in [7, 11) is 0. The summed E-state index contributed by atoms with van der Waals surface area (Å²) < 4.78 is 39.9. The van der Waals surface area contributed by atoms with Gasteiger partial charge in [0.1, 0.15) is 11.4 Å². The van der Waals surface area contributed by atoms with Crippen LogP contribution in [0.4, 0.5) is 19.0 Å². The van der Waals surface area contributed by atoms with Gasteiger partial charge in [0.25, 0.3) is 11.8 Å². The van der Waals surface area contributed by atoms with Crippen LogP contribution in [-0.4, -0.2) is 46.7 Å². The maximum atomic E-state index is 12.9. The minimum atomic E-state index is -4.47. The van der Waals surface area contributed by atoms with E-state index in [0.717, 1.165) is 17.8 Å². The van der Waals surface area contributed by atoms with E-state index in [0.29, 0.717) is 31.0 Å². The third-order valence-corrected chi connectivity index (χ3v) is 5.58. The van der Waals surface area contributed by atoms with Crippen LogP contribution in [0.5, 0.6) is 0 Å². The van der Waals surface area contributed by atoms with Crippen molar-refractivity contribution in [2.24, 2.45) is 4.99 Å². The number of halogens is 3. The van der Waals surface area contributed by atoms with Crippen LogP contribution in [0.25, 0.3) is 5.65 Å². The number of anilines is 1. The first-order chi connectivity index (χ1) is 16.0. The quantitative estimate of drug-likeness (QED) is 0.514. The summed E-state index contributed by atoms with van der Waals surface area (Å²) in [6.07, 6.45) is -2.22. The number of hydrogen-bond donors (Lipinski definition) is 3. The number of imidazole rings is 1. The van der Waals surface area contributed by atoms with E-state index in [1.807, 2.05) is 13.8 Å². The van der Waals surface area contributed by atoms with E-state index < -0.39 is 23.1 Å². The van der Waals surface area contributed by atoms with Gasteiger partial charge < -0.3 is 15.0 Å². The second-order valence-corrected chi connectivity index (χ2v) is 8.59. The van der Waals surface area contributed by atoms with Gasteiger partial charge in [-0.3, -0.25) is 19.9 Å². The molecule has 3 aromatic rings. The lowest BCUT2D eigenvalue weighted by Gasteiger charge is -2.26. The Labute approximate surface area is 193 Å². The lowest BCUT2D eigenvalue weighted by atomic mass is 9.84. The second kappa shape index (κ2) is 8.90. The molecule has 0 spiro atoms. The van der Waals surface area contributed by atoms with Crippen LogP contribution in [0.3, 0.4) is 0 Å². The van der Waals surface area contributed by atoms with Crippen molar-refractivity contribution in [3.63, 3.8) is 0 Å². The van der Waals surface area contributed by atoms with E-state index >= 15 is 0 Å². The number of alkyl halides is 3. The zero-order chi connectivity index (χ0) is 24.5. The topological polar surface area (TPSA) is 99.9 Å². The van der Waals surface area contributed by atoms with Gasteiger partial charge in [-0.1, -0.05) is 26.0 Å². The van der Waals surface area contributed by atoms with Crippen molar-refractivity contribution in [1.29, 1.82) is 0 Å². The molecule has 1 aliphatic heterocycles. The number of aromatic nitrogens is 2. The molecule has 0 unspecified atom stereocenters. The molecule has 0 atom stereocenters. The Morgan fingerprint density at radius 3 is 2.38 bits per heavy atom. The number of amides is 2. The second-order valence-electron chi connectivity index (χ2n) is 8.59. The van der Waals surface area contributed by atoms with Crippen LogP contribution < -0.4 is 16.0 Å². The third-order valence-electron chi connectivity index (χ3n) is 5.58. The molecule has 0 aliphatic carbocycles. The summed E-state index contributed by atoms with van der Waals surface area (Å²) in [5.74, 6) is -0.506. The van der Waals surface area contributed by atoms with E-state index in [9.17, 15) is 22.8 Å². The molecule has 2 amide bonds. The molecule has 0 radical (unpaired) electrons. The molecule has 34 heavy (non-hydrogen) atoms. The lowest BCUT2D eigenvalue weighted by molar-refractivity contribution is -0.137. The summed E-state index contributed by atoms with van der Waals surface area (Å²) in [5.41, 5.74) is 0.838. The van der Waals surface area contributed by atoms with Crippen molar-refractivity contribution in [3.8, 4) is 0 Å². The maximum absolute atomic E-state index is 12.9. The number of pyridine rings is 1. The molecule has 3 N–H and O–H groups in total. The highest BCUT2D eigenvalue weighted by atomic mass is 19.4. The SMILES string of the molecule is CC(C)(CNC(=O)C1=NCNC1)c1ccc(C(=O)Nc2cn3cc(C(F)(F)F)ccc3n2)cc1. The summed E-state index contributed by atoms with van der Waals surface area (Å²) in [6.45, 7) is 5.23. The van der Waals surface area contributed by atoms with E-state index in [-0.39, 0.29) is 17.4 Å². The van der Waals surface area contributed by atoms with Crippen molar-refractivity contribution < 1.29 is 22.8 Å². The number of carbonyl (C=O) groups excluding carboxylic acids is 2. The van der Waals surface area contributed by atoms with Crippen LogP contribution in [0.15, 0.2) is 53.8 Å². The van der Waals surface area contributed by atoms with Crippen LogP contribution in [0, 0.1) is 0 Å². The minimum Gasteiger partial charge on any atom is -0.350 e. The molecule has 0 bridgehead atoms. The maximum Gasteiger partial charge on any atom is 0.417 e. The van der Waals surface area contributed by atoms with Crippen LogP contribution in [-0.2, 0) is 16.4 Å². The highest BCUT2D eigenvalue weighted by Crippen LogP contribution is 2.29. The fourth-order valence-electron chi connectivity index (χ4n) is 3.52. The predicted octanol–water partition coefficient (Wildman–Crippen LogP) is 3.00. The average molecular weight is 472 g/mol. The molecule has 11 heteroatoms. The van der Waals surface area contributed by atoms with Gasteiger partial charge in [-0.15, -0.1) is 0 Å². The van der Waals surface area contributed by atoms with Gasteiger partial charge >= 0.3 is 6.18 Å². The first kappa shape index (κ1) is 23.4.